The fraction of sp³-hybridized carbons (Fsp3) is 0.310. The Kier molecular flexibility index (Phi) is 7.50. The van der Waals surface area contributed by atoms with Gasteiger partial charge in [0.2, 0.25) is 0 Å². The molecule has 0 aliphatic carbocycles. The predicted octanol–water partition coefficient (Wildman–Crippen LogP) is 3.97. The van der Waals surface area contributed by atoms with Crippen molar-refractivity contribution in [3.63, 3.8) is 0 Å². The smallest absolute Gasteiger partial charge is 0.323 e. The maximum Gasteiger partial charge on any atom is 0.323 e. The Morgan fingerprint density at radius 2 is 1.88 bits per heavy atom. The largest absolute Gasteiger partial charge is 0.359 e. The lowest BCUT2D eigenvalue weighted by atomic mass is 9.95. The van der Waals surface area contributed by atoms with Crippen LogP contribution in [0.15, 0.2) is 59.6 Å². The third-order valence-corrected chi connectivity index (χ3v) is 6.78. The zero-order valence-corrected chi connectivity index (χ0v) is 24.2. The van der Waals surface area contributed by atoms with Crippen LogP contribution in [0.2, 0.25) is 0 Å². The Morgan fingerprint density at radius 1 is 1.12 bits per heavy atom. The number of hydrogen-bond donors (Lipinski definition) is 5. The van der Waals surface area contributed by atoms with Gasteiger partial charge < -0.3 is 26.2 Å². The van der Waals surface area contributed by atoms with E-state index in [1.807, 2.05) is 39.5 Å². The van der Waals surface area contributed by atoms with E-state index in [4.69, 9.17) is 0 Å². The Hall–Kier alpha value is -5.07. The van der Waals surface area contributed by atoms with Crippen molar-refractivity contribution in [3.05, 3.63) is 71.8 Å². The van der Waals surface area contributed by atoms with E-state index in [-0.39, 0.29) is 23.1 Å². The highest BCUT2D eigenvalue weighted by Gasteiger charge is 2.35. The van der Waals surface area contributed by atoms with Crippen LogP contribution in [0.4, 0.5) is 20.6 Å². The summed E-state index contributed by atoms with van der Waals surface area (Å²) in [7, 11) is 1.77. The molecule has 0 saturated carbocycles. The van der Waals surface area contributed by atoms with Crippen LogP contribution in [-0.2, 0) is 10.2 Å². The van der Waals surface area contributed by atoms with Gasteiger partial charge in [-0.05, 0) is 37.6 Å². The number of carbonyl (C=O) groups excluding carboxylic acids is 2. The van der Waals surface area contributed by atoms with E-state index in [2.05, 4.69) is 46.4 Å². The van der Waals surface area contributed by atoms with Crippen LogP contribution in [0.25, 0.3) is 16.8 Å². The number of H-pyrrole nitrogens is 1. The topological polar surface area (TPSA) is 152 Å². The predicted molar refractivity (Wildman–Crippen MR) is 159 cm³/mol. The third kappa shape index (κ3) is 5.57. The van der Waals surface area contributed by atoms with Crippen LogP contribution in [0, 0.1) is 5.82 Å². The minimum atomic E-state index is -0.707. The van der Waals surface area contributed by atoms with Crippen LogP contribution < -0.4 is 21.3 Å². The number of aromatic nitrogens is 4. The lowest BCUT2D eigenvalue weighted by molar-refractivity contribution is -0.117. The summed E-state index contributed by atoms with van der Waals surface area (Å²) in [6.45, 7) is 9.96. The second kappa shape index (κ2) is 11.1. The van der Waals surface area contributed by atoms with Crippen molar-refractivity contribution in [3.8, 4) is 11.3 Å². The first-order valence-electron chi connectivity index (χ1n) is 13.5. The second-order valence-corrected chi connectivity index (χ2v) is 11.2. The summed E-state index contributed by atoms with van der Waals surface area (Å²) in [5, 5.41) is 18.1. The summed E-state index contributed by atoms with van der Waals surface area (Å²) in [6.07, 6.45) is 7.77. The van der Waals surface area contributed by atoms with Gasteiger partial charge in [-0.2, -0.15) is 5.10 Å². The summed E-state index contributed by atoms with van der Waals surface area (Å²) in [5.41, 5.74) is 2.53. The maximum absolute atomic E-state index is 14.9. The van der Waals surface area contributed by atoms with Crippen molar-refractivity contribution in [1.29, 1.82) is 0 Å². The molecule has 4 heterocycles. The molecule has 12 nitrogen and oxygen atoms in total. The van der Waals surface area contributed by atoms with Gasteiger partial charge in [0, 0.05) is 47.6 Å². The molecule has 3 amide bonds. The van der Waals surface area contributed by atoms with Crippen molar-refractivity contribution in [1.82, 2.24) is 35.7 Å². The SMILES string of the molecule is CNC1=NC=C2C=C(c3ccc(F)c(NC(=O)Nc4cnc(C(C)(C)C)nc4-c4cn[nH]c4)c3)C(=O)NC2N1C(C)C. The van der Waals surface area contributed by atoms with Crippen LogP contribution >= 0.6 is 0 Å². The van der Waals surface area contributed by atoms with Crippen LogP contribution in [-0.4, -0.2) is 62.2 Å². The normalized spacial score (nSPS) is 16.7. The van der Waals surface area contributed by atoms with E-state index in [1.165, 1.54) is 24.4 Å². The van der Waals surface area contributed by atoms with Gasteiger partial charge in [-0.3, -0.25) is 9.89 Å². The zero-order valence-electron chi connectivity index (χ0n) is 24.2. The summed E-state index contributed by atoms with van der Waals surface area (Å²) in [4.78, 5) is 41.8. The minimum absolute atomic E-state index is 0.0596. The number of nitrogens with one attached hydrogen (secondary N) is 5. The Balaban J connectivity index is 1.40. The Morgan fingerprint density at radius 3 is 2.55 bits per heavy atom. The van der Waals surface area contributed by atoms with E-state index in [0.717, 1.165) is 5.57 Å². The summed E-state index contributed by atoms with van der Waals surface area (Å²) in [5.74, 6) is 0.235. The van der Waals surface area contributed by atoms with Gasteiger partial charge in [-0.25, -0.2) is 24.1 Å². The van der Waals surface area contributed by atoms with E-state index >= 15 is 0 Å². The van der Waals surface area contributed by atoms with Crippen LogP contribution in [0.1, 0.15) is 46.0 Å². The van der Waals surface area contributed by atoms with Gasteiger partial charge in [0.1, 0.15) is 23.5 Å². The number of urea groups is 1. The average Bonchev–Trinajstić information content (AvgIpc) is 3.47. The number of fused-ring (bicyclic) bond motifs is 1. The van der Waals surface area contributed by atoms with Gasteiger partial charge in [0.15, 0.2) is 5.96 Å². The molecule has 5 rings (SSSR count). The number of rotatable bonds is 5. The molecule has 1 atom stereocenters. The quantitative estimate of drug-likeness (QED) is 0.310. The molecule has 0 bridgehead atoms. The molecular formula is C29H33FN10O2. The number of carbonyl (C=O) groups is 2. The Labute approximate surface area is 242 Å². The molecule has 0 radical (unpaired) electrons. The number of anilines is 2. The molecule has 13 heteroatoms. The monoisotopic (exact) mass is 572 g/mol. The van der Waals surface area contributed by atoms with Crippen molar-refractivity contribution < 1.29 is 14.0 Å². The number of hydrogen-bond acceptors (Lipinski definition) is 8. The second-order valence-electron chi connectivity index (χ2n) is 11.2. The van der Waals surface area contributed by atoms with E-state index in [9.17, 15) is 14.0 Å². The molecule has 2 aliphatic heterocycles. The number of amides is 3. The first-order valence-corrected chi connectivity index (χ1v) is 13.5. The molecule has 2 aliphatic rings. The summed E-state index contributed by atoms with van der Waals surface area (Å²) < 4.78 is 14.9. The number of aliphatic imine (C=N–C) groups is 1. The zero-order chi connectivity index (χ0) is 30.2. The molecule has 0 saturated heterocycles. The van der Waals surface area contributed by atoms with E-state index < -0.39 is 18.0 Å². The lowest BCUT2D eigenvalue weighted by Crippen LogP contribution is -2.59. The molecule has 0 fully saturated rings. The molecule has 5 N–H and O–H groups in total. The highest BCUT2D eigenvalue weighted by atomic mass is 19.1. The van der Waals surface area contributed by atoms with Gasteiger partial charge in [0.25, 0.3) is 5.91 Å². The number of nitrogens with zero attached hydrogens (tertiary/aromatic N) is 5. The molecule has 0 spiro atoms. The van der Waals surface area contributed by atoms with Crippen LogP contribution in [0.5, 0.6) is 0 Å². The number of halogens is 1. The van der Waals surface area contributed by atoms with E-state index in [0.29, 0.717) is 39.9 Å². The number of benzene rings is 1. The van der Waals surface area contributed by atoms with Gasteiger partial charge in [-0.1, -0.05) is 26.8 Å². The van der Waals surface area contributed by atoms with Gasteiger partial charge in [-0.15, -0.1) is 0 Å². The standard InChI is InChI=1S/C29H33FN10O2/c1-15(2)40-24-17(11-33-27(40)31-6)9-19(25(41)39-24)16-7-8-20(30)21(10-16)36-28(42)37-22-14-32-26(29(3,4)5)38-23(22)18-12-34-35-13-18/h7-15,24H,1-6H3,(H,31,33)(H,34,35)(H,39,41)(H2,36,37,42). The molecule has 218 valence electrons. The lowest BCUT2D eigenvalue weighted by Gasteiger charge is -2.41. The first kappa shape index (κ1) is 28.5. The maximum atomic E-state index is 14.9. The minimum Gasteiger partial charge on any atom is -0.359 e. The van der Waals surface area contributed by atoms with E-state index in [1.54, 1.807) is 31.7 Å². The molecule has 1 unspecified atom stereocenters. The van der Waals surface area contributed by atoms with Gasteiger partial charge >= 0.3 is 6.03 Å². The molecule has 1 aromatic carbocycles. The molecule has 2 aromatic heterocycles. The van der Waals surface area contributed by atoms with Crippen molar-refractivity contribution in [2.24, 2.45) is 4.99 Å². The highest BCUT2D eigenvalue weighted by molar-refractivity contribution is 6.21. The van der Waals surface area contributed by atoms with Crippen molar-refractivity contribution in [2.45, 2.75) is 52.2 Å². The third-order valence-electron chi connectivity index (χ3n) is 6.78. The van der Waals surface area contributed by atoms with Crippen molar-refractivity contribution in [2.75, 3.05) is 17.7 Å². The van der Waals surface area contributed by atoms with Gasteiger partial charge in [0.05, 0.1) is 23.8 Å². The number of aromatic amines is 1. The first-order chi connectivity index (χ1) is 20.0. The molecular weight excluding hydrogens is 539 g/mol. The van der Waals surface area contributed by atoms with Crippen molar-refractivity contribution >= 4 is 34.8 Å². The fourth-order valence-corrected chi connectivity index (χ4v) is 4.71. The summed E-state index contributed by atoms with van der Waals surface area (Å²) in [6, 6.07) is 3.47. The number of guanidine groups is 1. The fourth-order valence-electron chi connectivity index (χ4n) is 4.71. The molecule has 3 aromatic rings. The highest BCUT2D eigenvalue weighted by Crippen LogP contribution is 2.31. The average molecular weight is 573 g/mol. The molecule has 42 heavy (non-hydrogen) atoms. The summed E-state index contributed by atoms with van der Waals surface area (Å²) >= 11 is 0. The van der Waals surface area contributed by atoms with Crippen LogP contribution in [0.3, 0.4) is 0 Å². The Bertz CT molecular complexity index is 1620.